The second-order valence-electron chi connectivity index (χ2n) is 5.17. The van der Waals surface area contributed by atoms with Crippen LogP contribution in [-0.2, 0) is 0 Å². The molecule has 0 aromatic heterocycles. The molecular weight excluding hydrogens is 404 g/mol. The molecule has 1 nitrogen and oxygen atoms in total. The molecule has 0 unspecified atom stereocenters. The maximum absolute atomic E-state index is 9.73. The quantitative estimate of drug-likeness (QED) is 0.453. The van der Waals surface area contributed by atoms with Crippen LogP contribution in [0.25, 0.3) is 3.62 Å². The molecule has 0 atom stereocenters. The zero-order chi connectivity index (χ0) is 15.8. The molecule has 2 rings (SSSR count). The summed E-state index contributed by atoms with van der Waals surface area (Å²) < 4.78 is 4.50. The fraction of sp³-hybridized carbons (Fsp3) is 0.158. The van der Waals surface area contributed by atoms with E-state index in [4.69, 9.17) is 0 Å². The molecule has 0 spiro atoms. The number of hydrogen-bond donors (Lipinski definition) is 1. The van der Waals surface area contributed by atoms with Gasteiger partial charge in [0, 0.05) is 0 Å². The zero-order valence-electron chi connectivity index (χ0n) is 12.6. The van der Waals surface area contributed by atoms with Gasteiger partial charge in [-0.1, -0.05) is 0 Å². The second kappa shape index (κ2) is 8.47. The van der Waals surface area contributed by atoms with Gasteiger partial charge >= 0.3 is 147 Å². The van der Waals surface area contributed by atoms with Gasteiger partial charge in [0.25, 0.3) is 0 Å². The van der Waals surface area contributed by atoms with E-state index in [-0.39, 0.29) is 0 Å². The number of thioether (sulfide) groups is 1. The van der Waals surface area contributed by atoms with Gasteiger partial charge in [0.1, 0.15) is 0 Å². The molecule has 0 amide bonds. The summed E-state index contributed by atoms with van der Waals surface area (Å²) in [7, 11) is 0. The molecule has 0 aliphatic heterocycles. The van der Waals surface area contributed by atoms with Crippen LogP contribution in [0.3, 0.4) is 0 Å². The van der Waals surface area contributed by atoms with E-state index in [0.717, 1.165) is 0 Å². The van der Waals surface area contributed by atoms with Gasteiger partial charge in [-0.3, -0.25) is 0 Å². The Kier molecular flexibility index (Phi) is 6.62. The Bertz CT molecular complexity index is 676. The minimum absolute atomic E-state index is 0.662. The molecule has 0 fully saturated rings. The van der Waals surface area contributed by atoms with Crippen molar-refractivity contribution in [2.24, 2.45) is 0 Å². The first-order valence-corrected chi connectivity index (χ1v) is 10.1. The Hall–Kier alpha value is -1.16. The van der Waals surface area contributed by atoms with Crippen LogP contribution >= 0.6 is 11.8 Å². The van der Waals surface area contributed by atoms with Gasteiger partial charge in [-0.2, -0.15) is 0 Å². The van der Waals surface area contributed by atoms with Crippen molar-refractivity contribution < 1.29 is 5.11 Å². The summed E-state index contributed by atoms with van der Waals surface area (Å²) in [5, 5.41) is 11.9. The molecule has 0 saturated carbocycles. The van der Waals surface area contributed by atoms with Gasteiger partial charge < -0.3 is 0 Å². The van der Waals surface area contributed by atoms with Gasteiger partial charge in [0.2, 0.25) is 0 Å². The Morgan fingerprint density at radius 1 is 1.05 bits per heavy atom. The summed E-state index contributed by atoms with van der Waals surface area (Å²) in [5.74, 6) is 2.93. The van der Waals surface area contributed by atoms with E-state index in [1.165, 1.54) is 14.1 Å². The molecule has 0 radical (unpaired) electrons. The van der Waals surface area contributed by atoms with Crippen molar-refractivity contribution in [2.75, 3.05) is 0 Å². The van der Waals surface area contributed by atoms with E-state index >= 15 is 0 Å². The predicted octanol–water partition coefficient (Wildman–Crippen LogP) is 4.21. The van der Waals surface area contributed by atoms with Crippen LogP contribution < -0.4 is 0 Å². The van der Waals surface area contributed by atoms with Crippen molar-refractivity contribution in [2.45, 2.75) is 24.3 Å². The number of hydrogen-bond acceptors (Lipinski definition) is 2. The molecule has 3 heteroatoms. The first-order valence-electron chi connectivity index (χ1n) is 6.93. The van der Waals surface area contributed by atoms with Crippen LogP contribution in [-0.4, -0.2) is 31.6 Å². The zero-order valence-corrected chi connectivity index (χ0v) is 15.8. The van der Waals surface area contributed by atoms with Crippen LogP contribution in [0.4, 0.5) is 0 Å². The standard InChI is InChI=1S/C19H18OSTe/c1-19(2,20)13-14-22-18(16-9-5-3-6-10-16)15-21-17-11-7-4-8-12-17/h3-12,15,20H,1-2H3/b18-15+. The number of aliphatic hydroxyl groups is 1. The third kappa shape index (κ3) is 6.30. The molecule has 0 aliphatic carbocycles. The van der Waals surface area contributed by atoms with Crippen LogP contribution in [0, 0.1) is 9.89 Å². The van der Waals surface area contributed by atoms with E-state index in [2.05, 4.69) is 39.6 Å². The Balaban J connectivity index is 2.20. The van der Waals surface area contributed by atoms with Crippen LogP contribution in [0.2, 0.25) is 0 Å². The maximum atomic E-state index is 9.73. The normalized spacial score (nSPS) is 11.7. The molecular formula is C19H18OSTe. The monoisotopic (exact) mass is 424 g/mol. The Morgan fingerprint density at radius 2 is 1.64 bits per heavy atom. The summed E-state index contributed by atoms with van der Waals surface area (Å²) in [6.45, 7) is 3.44. The minimum atomic E-state index is -0.918. The molecule has 22 heavy (non-hydrogen) atoms. The van der Waals surface area contributed by atoms with Crippen molar-refractivity contribution >= 4 is 36.3 Å². The Morgan fingerprint density at radius 3 is 2.23 bits per heavy atom. The molecule has 112 valence electrons. The summed E-state index contributed by atoms with van der Waals surface area (Å²) in [5.41, 5.74) is 0.303. The number of benzene rings is 2. The Labute approximate surface area is 146 Å². The van der Waals surface area contributed by atoms with Gasteiger partial charge in [-0.05, 0) is 0 Å². The fourth-order valence-corrected chi connectivity index (χ4v) is 5.04. The van der Waals surface area contributed by atoms with E-state index in [1.807, 2.05) is 36.4 Å². The first-order chi connectivity index (χ1) is 10.5. The van der Waals surface area contributed by atoms with Crippen LogP contribution in [0.1, 0.15) is 19.4 Å². The van der Waals surface area contributed by atoms with Crippen molar-refractivity contribution in [1.82, 2.24) is 0 Å². The van der Waals surface area contributed by atoms with Gasteiger partial charge in [0.05, 0.1) is 0 Å². The number of rotatable bonds is 4. The van der Waals surface area contributed by atoms with Crippen molar-refractivity contribution in [3.63, 3.8) is 0 Å². The molecule has 0 saturated heterocycles. The van der Waals surface area contributed by atoms with Crippen LogP contribution in [0.5, 0.6) is 0 Å². The summed E-state index contributed by atoms with van der Waals surface area (Å²) in [6.07, 6.45) is 0. The third-order valence-corrected chi connectivity index (χ3v) is 6.20. The molecule has 0 aliphatic rings. The van der Waals surface area contributed by atoms with E-state index in [1.54, 1.807) is 25.6 Å². The summed E-state index contributed by atoms with van der Waals surface area (Å²) in [6, 6.07) is 20.7. The molecule has 0 heterocycles. The molecule has 2 aromatic carbocycles. The average molecular weight is 422 g/mol. The SMILES string of the molecule is CC(C)(O)C#C[Te]/C(=C/Sc1ccccc1)c1ccccc1. The van der Waals surface area contributed by atoms with Gasteiger partial charge in [-0.25, -0.2) is 0 Å². The van der Waals surface area contributed by atoms with E-state index in [0.29, 0.717) is 0 Å². The second-order valence-corrected chi connectivity index (χ2v) is 8.53. The average Bonchev–Trinajstić information content (AvgIpc) is 2.51. The molecule has 2 aromatic rings. The summed E-state index contributed by atoms with van der Waals surface area (Å²) in [4.78, 5) is 1.22. The molecule has 1 N–H and O–H groups in total. The van der Waals surface area contributed by atoms with E-state index < -0.39 is 26.5 Å². The first kappa shape index (κ1) is 17.2. The summed E-state index contributed by atoms with van der Waals surface area (Å²) >= 11 is 1.06. The topological polar surface area (TPSA) is 20.2 Å². The van der Waals surface area contributed by atoms with Gasteiger partial charge in [0.15, 0.2) is 0 Å². The van der Waals surface area contributed by atoms with Crippen molar-refractivity contribution in [3.8, 4) is 9.89 Å². The van der Waals surface area contributed by atoms with Crippen LogP contribution in [0.15, 0.2) is 71.0 Å². The van der Waals surface area contributed by atoms with E-state index in [9.17, 15) is 5.11 Å². The van der Waals surface area contributed by atoms with Crippen molar-refractivity contribution in [1.29, 1.82) is 0 Å². The molecule has 0 bridgehead atoms. The van der Waals surface area contributed by atoms with Gasteiger partial charge in [-0.15, -0.1) is 0 Å². The third-order valence-electron chi connectivity index (χ3n) is 2.62. The fourth-order valence-electron chi connectivity index (χ4n) is 1.58. The van der Waals surface area contributed by atoms with Crippen molar-refractivity contribution in [3.05, 3.63) is 71.6 Å². The predicted molar refractivity (Wildman–Crippen MR) is 96.5 cm³/mol.